The van der Waals surface area contributed by atoms with E-state index in [4.69, 9.17) is 9.15 Å². The number of rotatable bonds is 7. The van der Waals surface area contributed by atoms with Crippen LogP contribution in [0.15, 0.2) is 51.8 Å². The van der Waals surface area contributed by atoms with Gasteiger partial charge in [0.2, 0.25) is 15.8 Å². The monoisotopic (exact) mass is 478 g/mol. The number of ether oxygens (including phenoxy) is 1. The normalized spacial score (nSPS) is 16.5. The lowest BCUT2D eigenvalue weighted by Gasteiger charge is -2.40. The minimum absolute atomic E-state index is 0.0136. The summed E-state index contributed by atoms with van der Waals surface area (Å²) in [5.41, 5.74) is 2.14. The number of furan rings is 1. The number of esters is 1. The van der Waals surface area contributed by atoms with Gasteiger partial charge in [0.1, 0.15) is 5.58 Å². The predicted molar refractivity (Wildman–Crippen MR) is 119 cm³/mol. The molecule has 1 aliphatic heterocycles. The van der Waals surface area contributed by atoms with E-state index in [1.807, 2.05) is 0 Å². The van der Waals surface area contributed by atoms with Crippen molar-refractivity contribution in [1.82, 2.24) is 4.72 Å². The van der Waals surface area contributed by atoms with Crippen molar-refractivity contribution in [1.29, 1.82) is 0 Å². The standard InChI is InChI=1S/C23H24F2N2O5S/c1-4-31-22(28)21-14(2)19-11-18(8-9-20(19)32-21)33(29,30)26-15(3)16-6-5-7-17(10-16)27-12-23(24,25)13-27/h5-11,15,26H,4,12-13H2,1-3H3. The Kier molecular flexibility index (Phi) is 5.92. The maximum Gasteiger partial charge on any atom is 0.374 e. The first-order valence-corrected chi connectivity index (χ1v) is 11.9. The topological polar surface area (TPSA) is 88.8 Å². The largest absolute Gasteiger partial charge is 0.460 e. The number of anilines is 1. The minimum Gasteiger partial charge on any atom is -0.460 e. The lowest BCUT2D eigenvalue weighted by molar-refractivity contribution is -0.0262. The van der Waals surface area contributed by atoms with Gasteiger partial charge in [0.25, 0.3) is 5.92 Å². The molecule has 1 atom stereocenters. The van der Waals surface area contributed by atoms with Crippen LogP contribution in [-0.2, 0) is 14.8 Å². The number of hydrogen-bond donors (Lipinski definition) is 1. The van der Waals surface area contributed by atoms with Crippen LogP contribution in [0.4, 0.5) is 14.5 Å². The quantitative estimate of drug-likeness (QED) is 0.506. The Balaban J connectivity index is 1.56. The van der Waals surface area contributed by atoms with Crippen molar-refractivity contribution in [3.8, 4) is 0 Å². The predicted octanol–water partition coefficient (Wildman–Crippen LogP) is 4.41. The summed E-state index contributed by atoms with van der Waals surface area (Å²) in [6.45, 7) is 4.51. The first-order valence-electron chi connectivity index (χ1n) is 10.5. The van der Waals surface area contributed by atoms with Crippen molar-refractivity contribution in [3.63, 3.8) is 0 Å². The lowest BCUT2D eigenvalue weighted by atomic mass is 10.1. The molecule has 1 fully saturated rings. The first-order chi connectivity index (χ1) is 15.5. The highest BCUT2D eigenvalue weighted by atomic mass is 32.2. The Bertz CT molecular complexity index is 1310. The van der Waals surface area contributed by atoms with Crippen LogP contribution < -0.4 is 9.62 Å². The fraction of sp³-hybridized carbons (Fsp3) is 0.348. The number of halogens is 2. The second kappa shape index (κ2) is 8.42. The van der Waals surface area contributed by atoms with E-state index in [1.54, 1.807) is 49.9 Å². The highest BCUT2D eigenvalue weighted by molar-refractivity contribution is 7.89. The van der Waals surface area contributed by atoms with Gasteiger partial charge in [0, 0.05) is 22.7 Å². The van der Waals surface area contributed by atoms with Gasteiger partial charge >= 0.3 is 5.97 Å². The Labute approximate surface area is 190 Å². The van der Waals surface area contributed by atoms with E-state index in [9.17, 15) is 22.0 Å². The molecule has 1 N–H and O–H groups in total. The zero-order valence-corrected chi connectivity index (χ0v) is 19.2. The van der Waals surface area contributed by atoms with Crippen molar-refractivity contribution in [2.45, 2.75) is 37.6 Å². The van der Waals surface area contributed by atoms with Crippen molar-refractivity contribution in [2.24, 2.45) is 0 Å². The minimum atomic E-state index is -3.92. The summed E-state index contributed by atoms with van der Waals surface area (Å²) >= 11 is 0. The number of hydrogen-bond acceptors (Lipinski definition) is 6. The Morgan fingerprint density at radius 3 is 2.64 bits per heavy atom. The average molecular weight is 479 g/mol. The highest BCUT2D eigenvalue weighted by Crippen LogP contribution is 2.33. The van der Waals surface area contributed by atoms with Crippen molar-refractivity contribution in [2.75, 3.05) is 24.6 Å². The highest BCUT2D eigenvalue weighted by Gasteiger charge is 2.44. The maximum absolute atomic E-state index is 13.2. The third-order valence-electron chi connectivity index (χ3n) is 5.59. The van der Waals surface area contributed by atoms with Gasteiger partial charge in [0.15, 0.2) is 0 Å². The fourth-order valence-electron chi connectivity index (χ4n) is 3.81. The number of nitrogens with one attached hydrogen (secondary N) is 1. The molecule has 33 heavy (non-hydrogen) atoms. The molecule has 1 saturated heterocycles. The number of carbonyl (C=O) groups is 1. The van der Waals surface area contributed by atoms with Crippen molar-refractivity contribution >= 4 is 32.6 Å². The van der Waals surface area contributed by atoms with E-state index in [0.29, 0.717) is 27.8 Å². The van der Waals surface area contributed by atoms with Gasteiger partial charge in [-0.25, -0.2) is 26.7 Å². The van der Waals surface area contributed by atoms with Crippen molar-refractivity contribution in [3.05, 3.63) is 59.4 Å². The Hall–Kier alpha value is -2.98. The van der Waals surface area contributed by atoms with Crippen LogP contribution >= 0.6 is 0 Å². The van der Waals surface area contributed by atoms with Crippen molar-refractivity contribution < 1.29 is 31.1 Å². The third-order valence-corrected chi connectivity index (χ3v) is 7.13. The number of carbonyl (C=O) groups excluding carboxylic acids is 1. The van der Waals surface area contributed by atoms with Gasteiger partial charge in [-0.2, -0.15) is 0 Å². The van der Waals surface area contributed by atoms with Crippen LogP contribution in [-0.4, -0.2) is 40.0 Å². The zero-order valence-electron chi connectivity index (χ0n) is 18.4. The molecule has 0 amide bonds. The molecule has 0 spiro atoms. The number of aryl methyl sites for hydroxylation is 1. The summed E-state index contributed by atoms with van der Waals surface area (Å²) in [6.07, 6.45) is 0. The fourth-order valence-corrected chi connectivity index (χ4v) is 5.07. The SMILES string of the molecule is CCOC(=O)c1oc2ccc(S(=O)(=O)NC(C)c3cccc(N4CC(F)(F)C4)c3)cc2c1C. The van der Waals surface area contributed by atoms with Gasteiger partial charge in [-0.05, 0) is 56.7 Å². The Morgan fingerprint density at radius 1 is 1.24 bits per heavy atom. The molecule has 1 aromatic heterocycles. The molecule has 2 aromatic carbocycles. The van der Waals surface area contributed by atoms with Gasteiger partial charge in [-0.3, -0.25) is 0 Å². The van der Waals surface area contributed by atoms with Gasteiger partial charge in [0.05, 0.1) is 24.6 Å². The summed E-state index contributed by atoms with van der Waals surface area (Å²) in [5.74, 6) is -3.27. The molecule has 7 nitrogen and oxygen atoms in total. The smallest absolute Gasteiger partial charge is 0.374 e. The molecule has 0 bridgehead atoms. The second-order valence-electron chi connectivity index (χ2n) is 8.08. The molecular formula is C23H24F2N2O5S. The number of benzene rings is 2. The van der Waals surface area contributed by atoms with Gasteiger partial charge in [-0.1, -0.05) is 12.1 Å². The number of alkyl halides is 2. The Morgan fingerprint density at radius 2 is 1.97 bits per heavy atom. The third kappa shape index (κ3) is 4.58. The van der Waals surface area contributed by atoms with Crippen LogP contribution in [0, 0.1) is 6.92 Å². The lowest BCUT2D eigenvalue weighted by Crippen LogP contribution is -2.56. The summed E-state index contributed by atoms with van der Waals surface area (Å²) in [6, 6.07) is 10.6. The molecule has 3 aromatic rings. The van der Waals surface area contributed by atoms with Gasteiger partial charge in [-0.15, -0.1) is 0 Å². The molecular weight excluding hydrogens is 454 g/mol. The van der Waals surface area contributed by atoms with Crippen LogP contribution in [0.2, 0.25) is 0 Å². The molecule has 0 aliphatic carbocycles. The summed E-state index contributed by atoms with van der Waals surface area (Å²) < 4.78 is 65.6. The molecule has 0 saturated carbocycles. The summed E-state index contributed by atoms with van der Waals surface area (Å²) in [7, 11) is -3.92. The molecule has 0 radical (unpaired) electrons. The van der Waals surface area contributed by atoms with E-state index in [1.165, 1.54) is 18.2 Å². The van der Waals surface area contributed by atoms with E-state index >= 15 is 0 Å². The zero-order chi connectivity index (χ0) is 24.0. The van der Waals surface area contributed by atoms with Crippen LogP contribution in [0.5, 0.6) is 0 Å². The molecule has 2 heterocycles. The number of nitrogens with zero attached hydrogens (tertiary/aromatic N) is 1. The average Bonchev–Trinajstić information content (AvgIpc) is 3.08. The second-order valence-corrected chi connectivity index (χ2v) is 9.80. The maximum atomic E-state index is 13.2. The summed E-state index contributed by atoms with van der Waals surface area (Å²) in [4.78, 5) is 13.6. The number of fused-ring (bicyclic) bond motifs is 1. The van der Waals surface area contributed by atoms with E-state index in [-0.39, 0.29) is 30.4 Å². The first kappa shape index (κ1) is 23.2. The van der Waals surface area contributed by atoms with Gasteiger partial charge < -0.3 is 14.1 Å². The molecule has 4 rings (SSSR count). The van der Waals surface area contributed by atoms with E-state index < -0.39 is 28.0 Å². The van der Waals surface area contributed by atoms with Crippen LogP contribution in [0.1, 0.15) is 41.6 Å². The molecule has 1 unspecified atom stereocenters. The van der Waals surface area contributed by atoms with Crippen LogP contribution in [0.3, 0.4) is 0 Å². The number of sulfonamides is 1. The molecule has 10 heteroatoms. The van der Waals surface area contributed by atoms with E-state index in [0.717, 1.165) is 0 Å². The summed E-state index contributed by atoms with van der Waals surface area (Å²) in [5, 5.41) is 0.495. The van der Waals surface area contributed by atoms with Crippen LogP contribution in [0.25, 0.3) is 11.0 Å². The molecule has 176 valence electrons. The van der Waals surface area contributed by atoms with E-state index in [2.05, 4.69) is 4.72 Å². The molecule has 1 aliphatic rings.